The molecule has 0 radical (unpaired) electrons. The van der Waals surface area contributed by atoms with Crippen molar-refractivity contribution in [1.29, 1.82) is 0 Å². The number of fused-ring (bicyclic) bond motifs is 1. The van der Waals surface area contributed by atoms with Crippen molar-refractivity contribution >= 4 is 39.2 Å². The van der Waals surface area contributed by atoms with E-state index in [2.05, 4.69) is 47.8 Å². The Labute approximate surface area is 174 Å². The number of hydrogen-bond donors (Lipinski definition) is 1. The molecule has 0 saturated carbocycles. The third-order valence-corrected chi connectivity index (χ3v) is 7.25. The Morgan fingerprint density at radius 3 is 2.71 bits per heavy atom. The van der Waals surface area contributed by atoms with Crippen LogP contribution in [0.1, 0.15) is 29.3 Å². The number of amides is 1. The highest BCUT2D eigenvalue weighted by Crippen LogP contribution is 2.38. The normalized spacial score (nSPS) is 19.0. The molecule has 144 valence electrons. The third-order valence-electron chi connectivity index (χ3n) is 5.05. The van der Waals surface area contributed by atoms with Crippen molar-refractivity contribution in [3.05, 3.63) is 77.3 Å². The van der Waals surface area contributed by atoms with Crippen LogP contribution in [0.25, 0.3) is 10.2 Å². The molecule has 3 aromatic rings. The lowest BCUT2D eigenvalue weighted by molar-refractivity contribution is -0.125. The molecule has 0 saturated heterocycles. The monoisotopic (exact) mass is 408 g/mol. The minimum absolute atomic E-state index is 0.0234. The molecule has 0 bridgehead atoms. The van der Waals surface area contributed by atoms with Gasteiger partial charge in [0.2, 0.25) is 5.91 Å². The van der Waals surface area contributed by atoms with E-state index in [0.717, 1.165) is 34.9 Å². The molecule has 3 nitrogen and oxygen atoms in total. The van der Waals surface area contributed by atoms with Gasteiger partial charge in [0.25, 0.3) is 0 Å². The molecule has 1 N–H and O–H groups in total. The molecular formula is C23H24N2OS2. The number of thiazole rings is 1. The molecule has 5 heteroatoms. The number of thioether (sulfide) groups is 1. The van der Waals surface area contributed by atoms with E-state index in [-0.39, 0.29) is 17.7 Å². The van der Waals surface area contributed by atoms with E-state index < -0.39 is 0 Å². The lowest BCUT2D eigenvalue weighted by Gasteiger charge is -2.26. The summed E-state index contributed by atoms with van der Waals surface area (Å²) >= 11 is 3.58. The molecule has 0 fully saturated rings. The Bertz CT molecular complexity index is 918. The molecule has 2 atom stereocenters. The smallest absolute Gasteiger partial charge is 0.224 e. The number of nitrogens with zero attached hydrogens (tertiary/aromatic N) is 1. The fourth-order valence-electron chi connectivity index (χ4n) is 3.57. The van der Waals surface area contributed by atoms with E-state index in [1.165, 1.54) is 10.3 Å². The molecule has 1 aromatic heterocycles. The summed E-state index contributed by atoms with van der Waals surface area (Å²) in [7, 11) is 0. The van der Waals surface area contributed by atoms with Crippen molar-refractivity contribution in [3.63, 3.8) is 0 Å². The average Bonchev–Trinajstić information content (AvgIpc) is 3.18. The molecular weight excluding hydrogens is 384 g/mol. The van der Waals surface area contributed by atoms with Gasteiger partial charge in [-0.05, 0) is 30.5 Å². The van der Waals surface area contributed by atoms with Crippen LogP contribution in [-0.2, 0) is 10.5 Å². The maximum Gasteiger partial charge on any atom is 0.224 e. The highest BCUT2D eigenvalue weighted by atomic mass is 32.2. The predicted molar refractivity (Wildman–Crippen MR) is 120 cm³/mol. The quantitative estimate of drug-likeness (QED) is 0.421. The fourth-order valence-corrected chi connectivity index (χ4v) is 5.53. The molecule has 28 heavy (non-hydrogen) atoms. The summed E-state index contributed by atoms with van der Waals surface area (Å²) in [6, 6.07) is 18.7. The van der Waals surface area contributed by atoms with E-state index in [1.807, 2.05) is 36.0 Å². The minimum atomic E-state index is -0.0234. The summed E-state index contributed by atoms with van der Waals surface area (Å²) in [5.41, 5.74) is 2.36. The molecule has 0 aliphatic heterocycles. The number of carbonyl (C=O) groups is 1. The predicted octanol–water partition coefficient (Wildman–Crippen LogP) is 5.40. The Morgan fingerprint density at radius 1 is 1.07 bits per heavy atom. The van der Waals surface area contributed by atoms with E-state index >= 15 is 0 Å². The second kappa shape index (κ2) is 9.39. The first-order valence-electron chi connectivity index (χ1n) is 9.71. The van der Waals surface area contributed by atoms with Crippen molar-refractivity contribution in [2.45, 2.75) is 24.5 Å². The van der Waals surface area contributed by atoms with Gasteiger partial charge in [-0.1, -0.05) is 54.6 Å². The van der Waals surface area contributed by atoms with Crippen LogP contribution in [0.3, 0.4) is 0 Å². The van der Waals surface area contributed by atoms with Crippen LogP contribution in [0, 0.1) is 5.92 Å². The number of para-hydroxylation sites is 1. The molecule has 1 aliphatic rings. The maximum atomic E-state index is 12.9. The van der Waals surface area contributed by atoms with Gasteiger partial charge in [0, 0.05) is 24.0 Å². The Kier molecular flexibility index (Phi) is 6.45. The summed E-state index contributed by atoms with van der Waals surface area (Å²) in [6.07, 6.45) is 6.01. The topological polar surface area (TPSA) is 42.0 Å². The van der Waals surface area contributed by atoms with Crippen LogP contribution in [0.2, 0.25) is 0 Å². The standard InChI is InChI=1S/C23H24N2OS2/c26-22(24-14-15-27-16-17-8-2-1-3-9-17)18-10-4-5-11-19(18)23-25-20-12-6-7-13-21(20)28-23/h1-9,12-13,18-19H,10-11,14-16H2,(H,24,26)/t18-,19-/m0/s1. The molecule has 4 rings (SSSR count). The van der Waals surface area contributed by atoms with Crippen LogP contribution in [-0.4, -0.2) is 23.2 Å². The Hall–Kier alpha value is -2.11. The Balaban J connectivity index is 1.32. The van der Waals surface area contributed by atoms with Crippen LogP contribution < -0.4 is 5.32 Å². The van der Waals surface area contributed by atoms with Crippen molar-refractivity contribution in [2.24, 2.45) is 5.92 Å². The second-order valence-corrected chi connectivity index (χ2v) is 9.17. The maximum absolute atomic E-state index is 12.9. The summed E-state index contributed by atoms with van der Waals surface area (Å²) < 4.78 is 1.20. The van der Waals surface area contributed by atoms with E-state index in [4.69, 9.17) is 4.98 Å². The summed E-state index contributed by atoms with van der Waals surface area (Å²) in [5, 5.41) is 4.24. The number of aromatic nitrogens is 1. The lowest BCUT2D eigenvalue weighted by atomic mass is 9.82. The van der Waals surface area contributed by atoms with E-state index in [1.54, 1.807) is 11.3 Å². The van der Waals surface area contributed by atoms with Crippen LogP contribution in [0.15, 0.2) is 66.7 Å². The molecule has 1 amide bonds. The van der Waals surface area contributed by atoms with E-state index in [0.29, 0.717) is 6.54 Å². The fraction of sp³-hybridized carbons (Fsp3) is 0.304. The molecule has 0 spiro atoms. The first-order valence-corrected chi connectivity index (χ1v) is 11.7. The Morgan fingerprint density at radius 2 is 1.86 bits per heavy atom. The lowest BCUT2D eigenvalue weighted by Crippen LogP contribution is -2.36. The van der Waals surface area contributed by atoms with Gasteiger partial charge in [0.1, 0.15) is 0 Å². The summed E-state index contributed by atoms with van der Waals surface area (Å²) in [5.74, 6) is 2.23. The highest BCUT2D eigenvalue weighted by Gasteiger charge is 2.32. The van der Waals surface area contributed by atoms with Gasteiger partial charge in [-0.3, -0.25) is 4.79 Å². The third kappa shape index (κ3) is 4.65. The zero-order valence-electron chi connectivity index (χ0n) is 15.7. The van der Waals surface area contributed by atoms with Gasteiger partial charge in [0.05, 0.1) is 21.1 Å². The molecule has 0 unspecified atom stereocenters. The van der Waals surface area contributed by atoms with Gasteiger partial charge in [0.15, 0.2) is 0 Å². The largest absolute Gasteiger partial charge is 0.355 e. The molecule has 1 aliphatic carbocycles. The highest BCUT2D eigenvalue weighted by molar-refractivity contribution is 7.98. The van der Waals surface area contributed by atoms with Crippen molar-refractivity contribution < 1.29 is 4.79 Å². The number of carbonyl (C=O) groups excluding carboxylic acids is 1. The zero-order valence-corrected chi connectivity index (χ0v) is 17.3. The van der Waals surface area contributed by atoms with Crippen LogP contribution >= 0.6 is 23.1 Å². The molecule has 2 aromatic carbocycles. The first kappa shape index (κ1) is 19.2. The van der Waals surface area contributed by atoms with Gasteiger partial charge in [-0.15, -0.1) is 11.3 Å². The number of benzene rings is 2. The summed E-state index contributed by atoms with van der Waals surface area (Å²) in [4.78, 5) is 17.7. The molecule has 1 heterocycles. The zero-order chi connectivity index (χ0) is 19.2. The van der Waals surface area contributed by atoms with Gasteiger partial charge in [-0.2, -0.15) is 11.8 Å². The second-order valence-electron chi connectivity index (χ2n) is 7.00. The van der Waals surface area contributed by atoms with Gasteiger partial charge >= 0.3 is 0 Å². The SMILES string of the molecule is O=C(NCCSCc1ccccc1)[C@H]1CC=CC[C@@H]1c1nc2ccccc2s1. The first-order chi connectivity index (χ1) is 13.8. The number of allylic oxidation sites excluding steroid dienone is 2. The average molecular weight is 409 g/mol. The van der Waals surface area contributed by atoms with Crippen molar-refractivity contribution in [1.82, 2.24) is 10.3 Å². The van der Waals surface area contributed by atoms with Crippen molar-refractivity contribution in [2.75, 3.05) is 12.3 Å². The van der Waals surface area contributed by atoms with Crippen molar-refractivity contribution in [3.8, 4) is 0 Å². The van der Waals surface area contributed by atoms with Gasteiger partial charge < -0.3 is 5.32 Å². The number of hydrogen-bond acceptors (Lipinski definition) is 4. The van der Waals surface area contributed by atoms with Crippen LogP contribution in [0.4, 0.5) is 0 Å². The van der Waals surface area contributed by atoms with Crippen LogP contribution in [0.5, 0.6) is 0 Å². The van der Waals surface area contributed by atoms with Gasteiger partial charge in [-0.25, -0.2) is 4.98 Å². The summed E-state index contributed by atoms with van der Waals surface area (Å²) in [6.45, 7) is 0.711. The number of rotatable bonds is 7. The minimum Gasteiger partial charge on any atom is -0.355 e. The number of nitrogens with one attached hydrogen (secondary N) is 1. The van der Waals surface area contributed by atoms with E-state index in [9.17, 15) is 4.79 Å².